The van der Waals surface area contributed by atoms with Crippen molar-refractivity contribution < 1.29 is 9.47 Å². The summed E-state index contributed by atoms with van der Waals surface area (Å²) in [5, 5.41) is 0. The Bertz CT molecular complexity index is 195. The average molecular weight is 185 g/mol. The number of fused-ring (bicyclic) bond motifs is 2. The highest BCUT2D eigenvalue weighted by atomic mass is 16.5. The minimum Gasteiger partial charge on any atom is -0.377 e. The third kappa shape index (κ3) is 1.73. The second-order valence-electron chi connectivity index (χ2n) is 4.62. The Morgan fingerprint density at radius 1 is 1.54 bits per heavy atom. The summed E-state index contributed by atoms with van der Waals surface area (Å²) in [5.74, 6) is 0. The van der Waals surface area contributed by atoms with Crippen LogP contribution in [0.1, 0.15) is 33.1 Å². The molecule has 2 aliphatic heterocycles. The maximum Gasteiger partial charge on any atom is 0.0782 e. The van der Waals surface area contributed by atoms with Crippen molar-refractivity contribution in [3.8, 4) is 0 Å². The highest BCUT2D eigenvalue weighted by molar-refractivity contribution is 5.04. The van der Waals surface area contributed by atoms with Crippen LogP contribution in [0.5, 0.6) is 0 Å². The second-order valence-corrected chi connectivity index (χ2v) is 4.62. The Morgan fingerprint density at radius 2 is 2.31 bits per heavy atom. The van der Waals surface area contributed by atoms with E-state index in [2.05, 4.69) is 0 Å². The van der Waals surface area contributed by atoms with Crippen molar-refractivity contribution in [3.05, 3.63) is 0 Å². The summed E-state index contributed by atoms with van der Waals surface area (Å²) in [6, 6.07) is 0. The molecule has 0 aromatic rings. The first kappa shape index (κ1) is 9.44. The Morgan fingerprint density at radius 3 is 2.77 bits per heavy atom. The molecule has 76 valence electrons. The molecule has 2 heterocycles. The van der Waals surface area contributed by atoms with Gasteiger partial charge in [0.1, 0.15) is 0 Å². The maximum absolute atomic E-state index is 6.24. The van der Waals surface area contributed by atoms with Gasteiger partial charge in [0, 0.05) is 0 Å². The highest BCUT2D eigenvalue weighted by Gasteiger charge is 2.50. The van der Waals surface area contributed by atoms with Crippen molar-refractivity contribution in [2.45, 2.75) is 57.0 Å². The van der Waals surface area contributed by atoms with Crippen molar-refractivity contribution in [2.24, 2.45) is 5.73 Å². The molecule has 3 nitrogen and oxygen atoms in total. The van der Waals surface area contributed by atoms with Crippen molar-refractivity contribution in [1.82, 2.24) is 0 Å². The number of hydrogen-bond donors (Lipinski definition) is 1. The molecule has 2 fully saturated rings. The van der Waals surface area contributed by atoms with E-state index in [0.717, 1.165) is 12.8 Å². The maximum atomic E-state index is 6.24. The standard InChI is InChI=1S/C10H19NO2/c1-7(2)12-6-10(11)5-8-3-4-9(10)13-8/h7-9H,3-6,11H2,1-2H3. The van der Waals surface area contributed by atoms with Crippen LogP contribution in [0.15, 0.2) is 0 Å². The fourth-order valence-electron chi connectivity index (χ4n) is 2.31. The molecule has 2 N–H and O–H groups in total. The fourth-order valence-corrected chi connectivity index (χ4v) is 2.31. The van der Waals surface area contributed by atoms with Crippen LogP contribution in [0.4, 0.5) is 0 Å². The van der Waals surface area contributed by atoms with Gasteiger partial charge in [-0.25, -0.2) is 0 Å². The molecular formula is C10H19NO2. The SMILES string of the molecule is CC(C)OCC1(N)CC2CCC1O2. The van der Waals surface area contributed by atoms with Crippen molar-refractivity contribution in [2.75, 3.05) is 6.61 Å². The first-order valence-corrected chi connectivity index (χ1v) is 5.16. The Labute approximate surface area is 79.6 Å². The van der Waals surface area contributed by atoms with Gasteiger partial charge in [-0.05, 0) is 33.1 Å². The monoisotopic (exact) mass is 185 g/mol. The topological polar surface area (TPSA) is 44.5 Å². The van der Waals surface area contributed by atoms with E-state index in [1.165, 1.54) is 6.42 Å². The lowest BCUT2D eigenvalue weighted by molar-refractivity contribution is 0.0105. The minimum absolute atomic E-state index is 0.201. The highest BCUT2D eigenvalue weighted by Crippen LogP contribution is 2.40. The van der Waals surface area contributed by atoms with Gasteiger partial charge in [0.2, 0.25) is 0 Å². The molecule has 3 unspecified atom stereocenters. The van der Waals surface area contributed by atoms with E-state index < -0.39 is 0 Å². The lowest BCUT2D eigenvalue weighted by Gasteiger charge is -2.31. The average Bonchev–Trinajstić information content (AvgIpc) is 2.60. The van der Waals surface area contributed by atoms with Gasteiger partial charge >= 0.3 is 0 Å². The van der Waals surface area contributed by atoms with Crippen LogP contribution in [-0.4, -0.2) is 30.5 Å². The van der Waals surface area contributed by atoms with Gasteiger partial charge in [0.05, 0.1) is 30.5 Å². The van der Waals surface area contributed by atoms with Gasteiger partial charge in [-0.1, -0.05) is 0 Å². The lowest BCUT2D eigenvalue weighted by Crippen LogP contribution is -2.52. The molecular weight excluding hydrogens is 166 g/mol. The number of ether oxygens (including phenoxy) is 2. The molecule has 0 radical (unpaired) electrons. The molecule has 2 rings (SSSR count). The summed E-state index contributed by atoms with van der Waals surface area (Å²) >= 11 is 0. The summed E-state index contributed by atoms with van der Waals surface area (Å²) in [6.07, 6.45) is 4.19. The van der Waals surface area contributed by atoms with E-state index in [1.54, 1.807) is 0 Å². The molecule has 0 aromatic carbocycles. The normalized spacial score (nSPS) is 43.4. The fraction of sp³-hybridized carbons (Fsp3) is 1.00. The molecule has 0 aromatic heterocycles. The number of nitrogens with two attached hydrogens (primary N) is 1. The van der Waals surface area contributed by atoms with Gasteiger partial charge in [-0.3, -0.25) is 0 Å². The summed E-state index contributed by atoms with van der Waals surface area (Å²) in [5.41, 5.74) is 6.04. The van der Waals surface area contributed by atoms with Gasteiger partial charge in [0.25, 0.3) is 0 Å². The Hall–Kier alpha value is -0.120. The number of hydrogen-bond acceptors (Lipinski definition) is 3. The van der Waals surface area contributed by atoms with E-state index in [9.17, 15) is 0 Å². The smallest absolute Gasteiger partial charge is 0.0782 e. The van der Waals surface area contributed by atoms with Crippen LogP contribution in [0, 0.1) is 0 Å². The zero-order valence-corrected chi connectivity index (χ0v) is 8.45. The quantitative estimate of drug-likeness (QED) is 0.715. The van der Waals surface area contributed by atoms with Gasteiger partial charge < -0.3 is 15.2 Å². The zero-order valence-electron chi connectivity index (χ0n) is 8.45. The molecule has 2 aliphatic rings. The third-order valence-electron chi connectivity index (χ3n) is 3.04. The summed E-state index contributed by atoms with van der Waals surface area (Å²) in [4.78, 5) is 0. The third-order valence-corrected chi connectivity index (χ3v) is 3.04. The van der Waals surface area contributed by atoms with E-state index >= 15 is 0 Å². The lowest BCUT2D eigenvalue weighted by atomic mass is 9.83. The van der Waals surface area contributed by atoms with Gasteiger partial charge in [-0.15, -0.1) is 0 Å². The largest absolute Gasteiger partial charge is 0.377 e. The first-order valence-electron chi connectivity index (χ1n) is 5.16. The Kier molecular flexibility index (Phi) is 2.34. The predicted molar refractivity (Wildman–Crippen MR) is 50.5 cm³/mol. The van der Waals surface area contributed by atoms with Crippen LogP contribution in [0.3, 0.4) is 0 Å². The summed E-state index contributed by atoms with van der Waals surface area (Å²) < 4.78 is 11.3. The van der Waals surface area contributed by atoms with E-state index in [0.29, 0.717) is 12.7 Å². The van der Waals surface area contributed by atoms with Crippen LogP contribution in [-0.2, 0) is 9.47 Å². The van der Waals surface area contributed by atoms with E-state index in [1.807, 2.05) is 13.8 Å². The predicted octanol–water partition coefficient (Wildman–Crippen LogP) is 1.06. The van der Waals surface area contributed by atoms with Gasteiger partial charge in [0.15, 0.2) is 0 Å². The molecule has 0 amide bonds. The molecule has 3 heteroatoms. The molecule has 0 saturated carbocycles. The molecule has 0 aliphatic carbocycles. The molecule has 2 saturated heterocycles. The molecule has 0 spiro atoms. The van der Waals surface area contributed by atoms with E-state index in [-0.39, 0.29) is 17.7 Å². The first-order chi connectivity index (χ1) is 6.10. The zero-order chi connectivity index (χ0) is 9.47. The van der Waals surface area contributed by atoms with Gasteiger partial charge in [-0.2, -0.15) is 0 Å². The van der Waals surface area contributed by atoms with Crippen molar-refractivity contribution >= 4 is 0 Å². The van der Waals surface area contributed by atoms with Crippen molar-refractivity contribution in [3.63, 3.8) is 0 Å². The Balaban J connectivity index is 1.90. The van der Waals surface area contributed by atoms with Crippen LogP contribution < -0.4 is 5.73 Å². The number of rotatable bonds is 3. The summed E-state index contributed by atoms with van der Waals surface area (Å²) in [7, 11) is 0. The second kappa shape index (κ2) is 3.23. The summed E-state index contributed by atoms with van der Waals surface area (Å²) in [6.45, 7) is 4.72. The molecule has 3 atom stereocenters. The van der Waals surface area contributed by atoms with Crippen LogP contribution in [0.25, 0.3) is 0 Å². The van der Waals surface area contributed by atoms with Crippen LogP contribution in [0.2, 0.25) is 0 Å². The van der Waals surface area contributed by atoms with E-state index in [4.69, 9.17) is 15.2 Å². The van der Waals surface area contributed by atoms with Crippen LogP contribution >= 0.6 is 0 Å². The molecule has 2 bridgehead atoms. The van der Waals surface area contributed by atoms with Crippen molar-refractivity contribution in [1.29, 1.82) is 0 Å². The minimum atomic E-state index is -0.201. The molecule has 13 heavy (non-hydrogen) atoms.